The molecule has 2 aromatic rings. The van der Waals surface area contributed by atoms with Crippen molar-refractivity contribution in [3.63, 3.8) is 0 Å². The molecular weight excluding hydrogens is 560 g/mol. The molecule has 13 nitrogen and oxygen atoms in total. The Morgan fingerprint density at radius 3 is 2.27 bits per heavy atom. The van der Waals surface area contributed by atoms with Crippen molar-refractivity contribution in [3.8, 4) is 0 Å². The second-order valence-electron chi connectivity index (χ2n) is 11.1. The smallest absolute Gasteiger partial charge is 0.415 e. The number of hydrogen-bond donors (Lipinski definition) is 0. The maximum Gasteiger partial charge on any atom is 0.415 e. The van der Waals surface area contributed by atoms with Gasteiger partial charge in [0.25, 0.3) is 0 Å². The zero-order valence-electron chi connectivity index (χ0n) is 23.9. The summed E-state index contributed by atoms with van der Waals surface area (Å²) in [6.45, 7) is 8.75. The molecule has 1 amide bonds. The third-order valence-electron chi connectivity index (χ3n) is 6.63. The van der Waals surface area contributed by atoms with Crippen molar-refractivity contribution in [2.75, 3.05) is 11.5 Å². The molecule has 2 aromatic heterocycles. The fraction of sp³-hybridized carbons (Fsp3) is 0.630. The van der Waals surface area contributed by atoms with Crippen molar-refractivity contribution in [2.45, 2.75) is 103 Å². The van der Waals surface area contributed by atoms with Crippen LogP contribution in [0.15, 0.2) is 12.3 Å². The van der Waals surface area contributed by atoms with Crippen LogP contribution in [0.25, 0.3) is 11.0 Å². The monoisotopic (exact) mass is 594 g/mol. The van der Waals surface area contributed by atoms with E-state index in [4.69, 9.17) is 35.3 Å². The van der Waals surface area contributed by atoms with E-state index in [1.165, 1.54) is 31.6 Å². The molecule has 14 heteroatoms. The zero-order valence-corrected chi connectivity index (χ0v) is 24.7. The largest absolute Gasteiger partial charge is 0.463 e. The van der Waals surface area contributed by atoms with Gasteiger partial charge in [-0.3, -0.25) is 19.3 Å². The van der Waals surface area contributed by atoms with E-state index in [-0.39, 0.29) is 23.4 Å². The third kappa shape index (κ3) is 7.07. The van der Waals surface area contributed by atoms with Gasteiger partial charge < -0.3 is 23.7 Å². The Kier molecular flexibility index (Phi) is 9.07. The third-order valence-corrected chi connectivity index (χ3v) is 6.83. The highest BCUT2D eigenvalue weighted by atomic mass is 35.5. The summed E-state index contributed by atoms with van der Waals surface area (Å²) in [5.41, 5.74) is -0.0376. The van der Waals surface area contributed by atoms with E-state index in [0.29, 0.717) is 11.1 Å². The van der Waals surface area contributed by atoms with Gasteiger partial charge in [0.05, 0.1) is 17.3 Å². The van der Waals surface area contributed by atoms with Crippen LogP contribution in [0.1, 0.15) is 73.5 Å². The number of amides is 1. The number of carbonyl (C=O) groups is 4. The first-order valence-electron chi connectivity index (χ1n) is 13.4. The predicted octanol–water partition coefficient (Wildman–Crippen LogP) is 4.09. The molecule has 4 rings (SSSR count). The average Bonchev–Trinajstić information content (AvgIpc) is 3.57. The second kappa shape index (κ2) is 12.2. The van der Waals surface area contributed by atoms with E-state index in [1.807, 2.05) is 0 Å². The lowest BCUT2D eigenvalue weighted by atomic mass is 10.1. The van der Waals surface area contributed by atoms with Gasteiger partial charge in [-0.1, -0.05) is 24.4 Å². The number of pyridine rings is 1. The van der Waals surface area contributed by atoms with Gasteiger partial charge in [0, 0.05) is 32.9 Å². The Morgan fingerprint density at radius 2 is 1.68 bits per heavy atom. The van der Waals surface area contributed by atoms with Gasteiger partial charge >= 0.3 is 24.0 Å². The topological polar surface area (TPSA) is 148 Å². The summed E-state index contributed by atoms with van der Waals surface area (Å²) >= 11 is 6.50. The Balaban J connectivity index is 1.81. The summed E-state index contributed by atoms with van der Waals surface area (Å²) in [6, 6.07) is 1.47. The van der Waals surface area contributed by atoms with E-state index in [1.54, 1.807) is 31.7 Å². The average molecular weight is 595 g/mol. The standard InChI is InChI=1S/C27H35ClN4O9/c1-14(33)37-13-20-22(38-15(2)34)23(39-16(3)35)25(40-20)32-24-18(12-29-32)19(11-21(28)30-24)31(17-9-7-8-10-17)26(36)41-27(4,5)6/h11-12,17,20,22-23,25H,7-10,13H2,1-6H3. The van der Waals surface area contributed by atoms with Gasteiger partial charge in [-0.25, -0.2) is 14.5 Å². The van der Waals surface area contributed by atoms with E-state index in [2.05, 4.69) is 10.1 Å². The molecule has 41 heavy (non-hydrogen) atoms. The molecule has 1 aliphatic carbocycles. The number of anilines is 1. The van der Waals surface area contributed by atoms with Crippen LogP contribution in [0.5, 0.6) is 0 Å². The quantitative estimate of drug-likeness (QED) is 0.259. The van der Waals surface area contributed by atoms with E-state index >= 15 is 0 Å². The fourth-order valence-electron chi connectivity index (χ4n) is 5.16. The molecule has 2 fully saturated rings. The highest BCUT2D eigenvalue weighted by molar-refractivity contribution is 6.30. The second-order valence-corrected chi connectivity index (χ2v) is 11.5. The van der Waals surface area contributed by atoms with Gasteiger partial charge in [-0.2, -0.15) is 5.10 Å². The summed E-state index contributed by atoms with van der Waals surface area (Å²) < 4.78 is 29.3. The SMILES string of the molecule is CC(=O)OCC1OC(n2ncc3c(N(C(=O)OC(C)(C)C)C4CCCC4)cc(Cl)nc32)C(OC(C)=O)C1OC(C)=O. The number of halogens is 1. The van der Waals surface area contributed by atoms with Crippen LogP contribution in [0.3, 0.4) is 0 Å². The van der Waals surface area contributed by atoms with Gasteiger partial charge in [0.2, 0.25) is 0 Å². The van der Waals surface area contributed by atoms with Gasteiger partial charge in [0.1, 0.15) is 23.5 Å². The number of rotatable bonds is 7. The minimum absolute atomic E-state index is 0.0795. The van der Waals surface area contributed by atoms with Gasteiger partial charge in [-0.05, 0) is 33.6 Å². The maximum absolute atomic E-state index is 13.5. The van der Waals surface area contributed by atoms with Crippen molar-refractivity contribution >= 4 is 52.3 Å². The van der Waals surface area contributed by atoms with Crippen molar-refractivity contribution in [3.05, 3.63) is 17.4 Å². The lowest BCUT2D eigenvalue weighted by Gasteiger charge is -2.32. The van der Waals surface area contributed by atoms with Crippen LogP contribution in [0, 0.1) is 0 Å². The Morgan fingerprint density at radius 1 is 1.05 bits per heavy atom. The molecule has 1 aliphatic heterocycles. The molecule has 0 spiro atoms. The van der Waals surface area contributed by atoms with Crippen LogP contribution in [0.2, 0.25) is 5.15 Å². The Labute approximate surface area is 242 Å². The summed E-state index contributed by atoms with van der Waals surface area (Å²) in [6.07, 6.45) is 0.0958. The molecule has 1 saturated heterocycles. The van der Waals surface area contributed by atoms with Crippen LogP contribution in [-0.2, 0) is 38.1 Å². The van der Waals surface area contributed by atoms with Crippen molar-refractivity contribution in [2.24, 2.45) is 0 Å². The summed E-state index contributed by atoms with van der Waals surface area (Å²) in [5, 5.41) is 5.03. The van der Waals surface area contributed by atoms with Crippen LogP contribution < -0.4 is 4.90 Å². The minimum atomic E-state index is -1.17. The van der Waals surface area contributed by atoms with Crippen molar-refractivity contribution in [1.29, 1.82) is 0 Å². The first-order chi connectivity index (χ1) is 19.2. The molecule has 4 atom stereocenters. The molecule has 1 saturated carbocycles. The number of esters is 3. The normalized spacial score (nSPS) is 22.9. The summed E-state index contributed by atoms with van der Waals surface area (Å²) in [5.74, 6) is -1.88. The molecule has 4 unspecified atom stereocenters. The highest BCUT2D eigenvalue weighted by Crippen LogP contribution is 2.39. The molecule has 0 bridgehead atoms. The molecule has 224 valence electrons. The number of nitrogens with zero attached hydrogens (tertiary/aromatic N) is 4. The lowest BCUT2D eigenvalue weighted by Crippen LogP contribution is -2.42. The van der Waals surface area contributed by atoms with Crippen molar-refractivity contribution < 1.29 is 42.9 Å². The molecular formula is C27H35ClN4O9. The van der Waals surface area contributed by atoms with Crippen LogP contribution >= 0.6 is 11.6 Å². The number of hydrogen-bond acceptors (Lipinski definition) is 11. The number of ether oxygens (including phenoxy) is 5. The molecule has 2 aliphatic rings. The molecule has 3 heterocycles. The minimum Gasteiger partial charge on any atom is -0.463 e. The fourth-order valence-corrected chi connectivity index (χ4v) is 5.35. The first-order valence-corrected chi connectivity index (χ1v) is 13.8. The lowest BCUT2D eigenvalue weighted by molar-refractivity contribution is -0.166. The Bertz CT molecular complexity index is 1320. The highest BCUT2D eigenvalue weighted by Gasteiger charge is 2.51. The first kappa shape index (κ1) is 30.5. The number of aromatic nitrogens is 3. The maximum atomic E-state index is 13.5. The van der Waals surface area contributed by atoms with E-state index in [9.17, 15) is 19.2 Å². The van der Waals surface area contributed by atoms with E-state index in [0.717, 1.165) is 25.7 Å². The van der Waals surface area contributed by atoms with Gasteiger partial charge in [-0.15, -0.1) is 0 Å². The van der Waals surface area contributed by atoms with Crippen molar-refractivity contribution in [1.82, 2.24) is 14.8 Å². The zero-order chi connectivity index (χ0) is 30.1. The summed E-state index contributed by atoms with van der Waals surface area (Å²) in [4.78, 5) is 55.1. The van der Waals surface area contributed by atoms with Crippen LogP contribution in [-0.4, -0.2) is 75.3 Å². The number of carbonyl (C=O) groups excluding carboxylic acids is 4. The molecule has 0 N–H and O–H groups in total. The van der Waals surface area contributed by atoms with E-state index < -0.39 is 54.1 Å². The Hall–Kier alpha value is -3.45. The predicted molar refractivity (Wildman–Crippen MR) is 145 cm³/mol. The summed E-state index contributed by atoms with van der Waals surface area (Å²) in [7, 11) is 0. The van der Waals surface area contributed by atoms with Gasteiger partial charge in [0.15, 0.2) is 24.1 Å². The van der Waals surface area contributed by atoms with Crippen LogP contribution in [0.4, 0.5) is 10.5 Å². The number of fused-ring (bicyclic) bond motifs is 1. The molecule has 0 aromatic carbocycles. The molecule has 0 radical (unpaired) electrons.